The van der Waals surface area contributed by atoms with Gasteiger partial charge < -0.3 is 15.0 Å². The maximum absolute atomic E-state index is 12.8. The van der Waals surface area contributed by atoms with Gasteiger partial charge in [-0.1, -0.05) is 16.8 Å². The minimum Gasteiger partial charge on any atom is -0.495 e. The molecule has 0 bridgehead atoms. The summed E-state index contributed by atoms with van der Waals surface area (Å²) in [5.41, 5.74) is 4.84. The molecular formula is C11H8ClF3N2O2. The molecule has 0 saturated heterocycles. The first-order valence-corrected chi connectivity index (χ1v) is 5.37. The molecule has 0 saturated carbocycles. The highest BCUT2D eigenvalue weighted by molar-refractivity contribution is 6.32. The lowest BCUT2D eigenvalue weighted by Crippen LogP contribution is -2.06. The zero-order valence-corrected chi connectivity index (χ0v) is 10.3. The fraction of sp³-hybridized carbons (Fsp3) is 0.182. The van der Waals surface area contributed by atoms with Crippen molar-refractivity contribution in [3.8, 4) is 16.9 Å². The molecule has 2 aromatic rings. The van der Waals surface area contributed by atoms with E-state index in [9.17, 15) is 13.2 Å². The lowest BCUT2D eigenvalue weighted by molar-refractivity contribution is -0.137. The SMILES string of the molecule is COc1c(Cl)cc(C(F)(F)F)cc1-c1cnoc1N. The number of nitrogens with two attached hydrogens (primary N) is 1. The standard InChI is InChI=1S/C11H8ClF3N2O2/c1-18-9-6(7-4-17-19-10(7)16)2-5(3-8(9)12)11(13,14)15/h2-4H,16H2,1H3. The summed E-state index contributed by atoms with van der Waals surface area (Å²) in [4.78, 5) is 0. The first-order chi connectivity index (χ1) is 8.84. The van der Waals surface area contributed by atoms with Gasteiger partial charge in [0.2, 0.25) is 5.88 Å². The molecule has 0 aliphatic carbocycles. The summed E-state index contributed by atoms with van der Waals surface area (Å²) in [5.74, 6) is -0.0433. The van der Waals surface area contributed by atoms with Crippen LogP contribution in [0.3, 0.4) is 0 Å². The smallest absolute Gasteiger partial charge is 0.416 e. The first kappa shape index (κ1) is 13.5. The molecule has 0 unspecified atom stereocenters. The van der Waals surface area contributed by atoms with Crippen LogP contribution in [-0.4, -0.2) is 12.3 Å². The summed E-state index contributed by atoms with van der Waals surface area (Å²) in [6.07, 6.45) is -3.33. The maximum Gasteiger partial charge on any atom is 0.416 e. The number of methoxy groups -OCH3 is 1. The van der Waals surface area contributed by atoms with E-state index in [1.807, 2.05) is 0 Å². The molecule has 2 rings (SSSR count). The van der Waals surface area contributed by atoms with E-state index < -0.39 is 11.7 Å². The van der Waals surface area contributed by atoms with Crippen molar-refractivity contribution < 1.29 is 22.4 Å². The summed E-state index contributed by atoms with van der Waals surface area (Å²) in [6.45, 7) is 0. The summed E-state index contributed by atoms with van der Waals surface area (Å²) in [5, 5.41) is 3.24. The predicted octanol–water partition coefficient (Wildman–Crippen LogP) is 3.60. The lowest BCUT2D eigenvalue weighted by atomic mass is 10.0. The highest BCUT2D eigenvalue weighted by atomic mass is 35.5. The Hall–Kier alpha value is -1.89. The average molecular weight is 293 g/mol. The van der Waals surface area contributed by atoms with E-state index in [2.05, 4.69) is 9.68 Å². The number of hydrogen-bond acceptors (Lipinski definition) is 4. The Labute approximate surface area is 110 Å². The van der Waals surface area contributed by atoms with Crippen molar-refractivity contribution in [3.05, 3.63) is 28.9 Å². The van der Waals surface area contributed by atoms with Gasteiger partial charge in [0.05, 0.1) is 29.5 Å². The normalized spacial score (nSPS) is 11.6. The maximum atomic E-state index is 12.8. The van der Waals surface area contributed by atoms with Crippen molar-refractivity contribution in [3.63, 3.8) is 0 Å². The third-order valence-corrected chi connectivity index (χ3v) is 2.74. The molecule has 4 nitrogen and oxygen atoms in total. The second kappa shape index (κ2) is 4.65. The van der Waals surface area contributed by atoms with Crippen LogP contribution in [0.4, 0.5) is 19.1 Å². The number of halogens is 4. The number of benzene rings is 1. The van der Waals surface area contributed by atoms with Gasteiger partial charge >= 0.3 is 6.18 Å². The van der Waals surface area contributed by atoms with E-state index in [0.717, 1.165) is 12.1 Å². The molecule has 8 heteroatoms. The Balaban J connectivity index is 2.71. The van der Waals surface area contributed by atoms with Gasteiger partial charge in [-0.05, 0) is 12.1 Å². The van der Waals surface area contributed by atoms with Crippen LogP contribution in [0.15, 0.2) is 22.9 Å². The van der Waals surface area contributed by atoms with Gasteiger partial charge in [0.1, 0.15) is 5.75 Å². The van der Waals surface area contributed by atoms with Crippen molar-refractivity contribution in [2.75, 3.05) is 12.8 Å². The topological polar surface area (TPSA) is 61.3 Å². The average Bonchev–Trinajstić information content (AvgIpc) is 2.73. The van der Waals surface area contributed by atoms with Crippen LogP contribution in [0.25, 0.3) is 11.1 Å². The van der Waals surface area contributed by atoms with Gasteiger partial charge in [0.25, 0.3) is 0 Å². The Morgan fingerprint density at radius 3 is 2.47 bits per heavy atom. The van der Waals surface area contributed by atoms with Crippen molar-refractivity contribution >= 4 is 17.5 Å². The third kappa shape index (κ3) is 2.46. The molecular weight excluding hydrogens is 285 g/mol. The zero-order valence-electron chi connectivity index (χ0n) is 9.58. The monoisotopic (exact) mass is 292 g/mol. The van der Waals surface area contributed by atoms with Gasteiger partial charge in [0.15, 0.2) is 0 Å². The van der Waals surface area contributed by atoms with Gasteiger partial charge in [-0.3, -0.25) is 0 Å². The van der Waals surface area contributed by atoms with Crippen LogP contribution in [0.5, 0.6) is 5.75 Å². The van der Waals surface area contributed by atoms with Gasteiger partial charge in [0, 0.05) is 5.56 Å². The summed E-state index contributed by atoms with van der Waals surface area (Å²) in [7, 11) is 1.29. The summed E-state index contributed by atoms with van der Waals surface area (Å²) in [6, 6.07) is 1.67. The molecule has 19 heavy (non-hydrogen) atoms. The lowest BCUT2D eigenvalue weighted by Gasteiger charge is -2.13. The predicted molar refractivity (Wildman–Crippen MR) is 62.9 cm³/mol. The van der Waals surface area contributed by atoms with E-state index in [1.165, 1.54) is 13.3 Å². The Morgan fingerprint density at radius 2 is 2.00 bits per heavy atom. The number of alkyl halides is 3. The molecule has 0 atom stereocenters. The van der Waals surface area contributed by atoms with Crippen molar-refractivity contribution in [2.45, 2.75) is 6.18 Å². The molecule has 0 aliphatic rings. The van der Waals surface area contributed by atoms with Crippen molar-refractivity contribution in [1.29, 1.82) is 0 Å². The third-order valence-electron chi connectivity index (χ3n) is 2.46. The number of aromatic nitrogens is 1. The van der Waals surface area contributed by atoms with E-state index in [-0.39, 0.29) is 27.8 Å². The number of nitrogens with zero attached hydrogens (tertiary/aromatic N) is 1. The highest BCUT2D eigenvalue weighted by Gasteiger charge is 2.33. The van der Waals surface area contributed by atoms with Gasteiger partial charge in [-0.2, -0.15) is 13.2 Å². The molecule has 2 N–H and O–H groups in total. The van der Waals surface area contributed by atoms with E-state index >= 15 is 0 Å². The van der Waals surface area contributed by atoms with E-state index in [4.69, 9.17) is 22.1 Å². The molecule has 1 aromatic carbocycles. The Bertz CT molecular complexity index is 610. The number of nitrogen functional groups attached to an aromatic ring is 1. The van der Waals surface area contributed by atoms with E-state index in [0.29, 0.717) is 0 Å². The summed E-state index contributed by atoms with van der Waals surface area (Å²) >= 11 is 5.79. The molecule has 0 aliphatic heterocycles. The molecule has 0 amide bonds. The second-order valence-electron chi connectivity index (χ2n) is 3.64. The number of anilines is 1. The molecule has 0 fully saturated rings. The van der Waals surface area contributed by atoms with Crippen LogP contribution >= 0.6 is 11.6 Å². The van der Waals surface area contributed by atoms with Crippen molar-refractivity contribution in [1.82, 2.24) is 5.16 Å². The quantitative estimate of drug-likeness (QED) is 0.918. The largest absolute Gasteiger partial charge is 0.495 e. The molecule has 1 heterocycles. The molecule has 0 radical (unpaired) electrons. The molecule has 0 spiro atoms. The fourth-order valence-corrected chi connectivity index (χ4v) is 1.91. The number of rotatable bonds is 2. The number of hydrogen-bond donors (Lipinski definition) is 1. The van der Waals surface area contributed by atoms with Crippen molar-refractivity contribution in [2.24, 2.45) is 0 Å². The molecule has 1 aromatic heterocycles. The first-order valence-electron chi connectivity index (χ1n) is 5.00. The molecule has 102 valence electrons. The zero-order chi connectivity index (χ0) is 14.2. The van der Waals surface area contributed by atoms with Crippen LogP contribution in [-0.2, 0) is 6.18 Å². The van der Waals surface area contributed by atoms with Crippen LogP contribution < -0.4 is 10.5 Å². The fourth-order valence-electron chi connectivity index (χ4n) is 1.62. The van der Waals surface area contributed by atoms with Crippen LogP contribution in [0.2, 0.25) is 5.02 Å². The van der Waals surface area contributed by atoms with E-state index in [1.54, 1.807) is 0 Å². The minimum absolute atomic E-state index is 0.0704. The highest BCUT2D eigenvalue weighted by Crippen LogP contribution is 2.43. The Kier molecular flexibility index (Phi) is 3.32. The van der Waals surface area contributed by atoms with Gasteiger partial charge in [-0.15, -0.1) is 0 Å². The van der Waals surface area contributed by atoms with Crippen LogP contribution in [0.1, 0.15) is 5.56 Å². The minimum atomic E-state index is -4.53. The Morgan fingerprint density at radius 1 is 1.32 bits per heavy atom. The van der Waals surface area contributed by atoms with Gasteiger partial charge in [-0.25, -0.2) is 0 Å². The number of ether oxygens (including phenoxy) is 1. The second-order valence-corrected chi connectivity index (χ2v) is 4.05. The summed E-state index contributed by atoms with van der Waals surface area (Å²) < 4.78 is 47.9. The van der Waals surface area contributed by atoms with Crippen LogP contribution in [0, 0.1) is 0 Å².